The van der Waals surface area contributed by atoms with Gasteiger partial charge in [0.15, 0.2) is 11.5 Å². The zero-order chi connectivity index (χ0) is 21.5. The number of halogens is 4. The van der Waals surface area contributed by atoms with E-state index in [-0.39, 0.29) is 36.6 Å². The summed E-state index contributed by atoms with van der Waals surface area (Å²) in [6, 6.07) is -0.528. The van der Waals surface area contributed by atoms with E-state index < -0.39 is 30.0 Å². The number of amidine groups is 1. The number of carbonyl (C=O) groups excluding carboxylic acids is 1. The van der Waals surface area contributed by atoms with Crippen LogP contribution in [0.1, 0.15) is 18.5 Å². The largest absolute Gasteiger partial charge is 0.366 e. The average molecular weight is 428 g/mol. The van der Waals surface area contributed by atoms with Gasteiger partial charge < -0.3 is 16.0 Å². The third-order valence-corrected chi connectivity index (χ3v) is 4.79. The summed E-state index contributed by atoms with van der Waals surface area (Å²) in [5.74, 6) is -2.84. The highest BCUT2D eigenvalue weighted by Gasteiger charge is 2.37. The number of hydrazine groups is 1. The van der Waals surface area contributed by atoms with Gasteiger partial charge in [0.2, 0.25) is 0 Å². The van der Waals surface area contributed by atoms with Crippen LogP contribution in [0.5, 0.6) is 0 Å². The van der Waals surface area contributed by atoms with Crippen LogP contribution < -0.4 is 21.4 Å². The van der Waals surface area contributed by atoms with Crippen LogP contribution in [-0.4, -0.2) is 58.1 Å². The fourth-order valence-electron chi connectivity index (χ4n) is 3.47. The number of fused-ring (bicyclic) bond motifs is 1. The molecule has 1 aromatic heterocycles. The van der Waals surface area contributed by atoms with Crippen molar-refractivity contribution in [1.29, 1.82) is 0 Å². The van der Waals surface area contributed by atoms with Crippen LogP contribution in [0, 0.1) is 0 Å². The number of nitrogens with zero attached hydrogens (tertiary/aromatic N) is 4. The molecule has 0 saturated carbocycles. The zero-order valence-electron chi connectivity index (χ0n) is 15.9. The van der Waals surface area contributed by atoms with Gasteiger partial charge in [-0.2, -0.15) is 5.10 Å². The Bertz CT molecular complexity index is 938. The molecular weight excluding hydrogens is 408 g/mol. The molecule has 0 spiro atoms. The summed E-state index contributed by atoms with van der Waals surface area (Å²) >= 11 is 0. The molecule has 3 aliphatic rings. The van der Waals surface area contributed by atoms with Crippen LogP contribution in [0.3, 0.4) is 0 Å². The Kier molecular flexibility index (Phi) is 5.24. The van der Waals surface area contributed by atoms with Gasteiger partial charge in [0.1, 0.15) is 5.84 Å². The highest BCUT2D eigenvalue weighted by atomic mass is 19.3. The molecular formula is C17H20F4N8O. The summed E-state index contributed by atoms with van der Waals surface area (Å²) in [4.78, 5) is 17.0. The van der Waals surface area contributed by atoms with Gasteiger partial charge in [-0.3, -0.25) is 14.5 Å². The van der Waals surface area contributed by atoms with Gasteiger partial charge in [-0.25, -0.2) is 28.0 Å². The monoisotopic (exact) mass is 428 g/mol. The van der Waals surface area contributed by atoms with Gasteiger partial charge in [-0.15, -0.1) is 0 Å². The quantitative estimate of drug-likeness (QED) is 0.531. The summed E-state index contributed by atoms with van der Waals surface area (Å²) in [5.41, 5.74) is 2.53. The maximum absolute atomic E-state index is 13.6. The van der Waals surface area contributed by atoms with Crippen LogP contribution in [-0.2, 0) is 11.8 Å². The first-order chi connectivity index (χ1) is 14.2. The molecule has 1 atom stereocenters. The molecule has 1 amide bonds. The van der Waals surface area contributed by atoms with Crippen molar-refractivity contribution in [2.45, 2.75) is 24.8 Å². The van der Waals surface area contributed by atoms with E-state index >= 15 is 0 Å². The molecule has 0 unspecified atom stereocenters. The van der Waals surface area contributed by atoms with Crippen molar-refractivity contribution in [3.05, 3.63) is 35.6 Å². The van der Waals surface area contributed by atoms with Crippen molar-refractivity contribution < 1.29 is 22.4 Å². The standard InChI is InChI=1S/C17H20F4N8O/c1-28-7-11(13(27-28)14(18)19)25-16(30)10-6-23-29-3-2-12(26-15(10)29)24-9-4-17(20,21)8-22-5-9/h2-3,7,9,14,22-23H,4-6,8H2,1H3,(H,24,26)(H,25,30)/t9-/m0/s1. The molecule has 162 valence electrons. The number of amides is 1. The lowest BCUT2D eigenvalue weighted by Crippen LogP contribution is -2.53. The minimum atomic E-state index is -2.84. The predicted octanol–water partition coefficient (Wildman–Crippen LogP) is 0.841. The maximum atomic E-state index is 13.6. The maximum Gasteiger partial charge on any atom is 0.284 e. The average Bonchev–Trinajstić information content (AvgIpc) is 3.24. The van der Waals surface area contributed by atoms with Crippen molar-refractivity contribution in [3.63, 3.8) is 0 Å². The van der Waals surface area contributed by atoms with Crippen LogP contribution in [0.2, 0.25) is 0 Å². The molecule has 4 rings (SSSR count). The summed E-state index contributed by atoms with van der Waals surface area (Å²) in [7, 11) is 1.47. The van der Waals surface area contributed by atoms with E-state index in [1.807, 2.05) is 0 Å². The second-order valence-corrected chi connectivity index (χ2v) is 7.21. The number of alkyl halides is 4. The Balaban J connectivity index is 1.52. The van der Waals surface area contributed by atoms with Crippen LogP contribution in [0.25, 0.3) is 0 Å². The predicted molar refractivity (Wildman–Crippen MR) is 99.6 cm³/mol. The smallest absolute Gasteiger partial charge is 0.284 e. The number of carbonyl (C=O) groups is 1. The van der Waals surface area contributed by atoms with Gasteiger partial charge in [0.05, 0.1) is 17.8 Å². The first kappa shape index (κ1) is 20.3. The number of aromatic nitrogens is 2. The summed E-state index contributed by atoms with van der Waals surface area (Å²) in [6.45, 7) is 0.111. The number of aliphatic imine (C=N–C) groups is 1. The molecule has 0 radical (unpaired) electrons. The fraction of sp³-hybridized carbons (Fsp3) is 0.471. The van der Waals surface area contributed by atoms with Crippen LogP contribution >= 0.6 is 0 Å². The molecule has 0 aliphatic carbocycles. The minimum Gasteiger partial charge on any atom is -0.366 e. The number of hydrogen-bond donors (Lipinski definition) is 4. The lowest BCUT2D eigenvalue weighted by atomic mass is 10.0. The zero-order valence-corrected chi connectivity index (χ0v) is 15.9. The number of nitrogens with one attached hydrogen (secondary N) is 4. The van der Waals surface area contributed by atoms with Gasteiger partial charge in [-0.05, 0) is 6.08 Å². The number of rotatable bonds is 4. The van der Waals surface area contributed by atoms with Crippen molar-refractivity contribution in [2.75, 3.05) is 25.0 Å². The Hall–Kier alpha value is -2.93. The second-order valence-electron chi connectivity index (χ2n) is 7.21. The molecule has 9 nitrogen and oxygen atoms in total. The van der Waals surface area contributed by atoms with Crippen molar-refractivity contribution >= 4 is 17.4 Å². The van der Waals surface area contributed by atoms with E-state index in [0.29, 0.717) is 12.4 Å². The summed E-state index contributed by atoms with van der Waals surface area (Å²) in [6.07, 6.45) is 1.32. The molecule has 30 heavy (non-hydrogen) atoms. The summed E-state index contributed by atoms with van der Waals surface area (Å²) < 4.78 is 54.6. The van der Waals surface area contributed by atoms with E-state index in [1.165, 1.54) is 22.9 Å². The van der Waals surface area contributed by atoms with E-state index in [2.05, 4.69) is 31.5 Å². The van der Waals surface area contributed by atoms with Crippen LogP contribution in [0.4, 0.5) is 23.2 Å². The van der Waals surface area contributed by atoms with Crippen molar-refractivity contribution in [2.24, 2.45) is 12.0 Å². The van der Waals surface area contributed by atoms with Crippen LogP contribution in [0.15, 0.2) is 34.9 Å². The number of anilines is 1. The second kappa shape index (κ2) is 7.72. The molecule has 0 bridgehead atoms. The van der Waals surface area contributed by atoms with Gasteiger partial charge in [0, 0.05) is 45.0 Å². The van der Waals surface area contributed by atoms with E-state index in [1.54, 1.807) is 12.3 Å². The minimum absolute atomic E-state index is 0.0896. The molecule has 4 heterocycles. The molecule has 13 heteroatoms. The number of piperidine rings is 1. The topological polar surface area (TPSA) is 98.6 Å². The highest BCUT2D eigenvalue weighted by molar-refractivity contribution is 6.06. The van der Waals surface area contributed by atoms with E-state index in [0.717, 1.165) is 0 Å². The Labute approximate surface area is 168 Å². The van der Waals surface area contributed by atoms with Crippen molar-refractivity contribution in [1.82, 2.24) is 30.8 Å². The van der Waals surface area contributed by atoms with E-state index in [9.17, 15) is 22.4 Å². The first-order valence-electron chi connectivity index (χ1n) is 9.23. The van der Waals surface area contributed by atoms with Gasteiger partial charge >= 0.3 is 0 Å². The van der Waals surface area contributed by atoms with E-state index in [4.69, 9.17) is 0 Å². The van der Waals surface area contributed by atoms with Gasteiger partial charge in [0.25, 0.3) is 18.3 Å². The third-order valence-electron chi connectivity index (χ3n) is 4.79. The first-order valence-corrected chi connectivity index (χ1v) is 9.23. The number of hydrogen-bond acceptors (Lipinski definition) is 7. The molecule has 1 saturated heterocycles. The third kappa shape index (κ3) is 4.16. The molecule has 4 N–H and O–H groups in total. The molecule has 3 aliphatic heterocycles. The fourth-order valence-corrected chi connectivity index (χ4v) is 3.47. The normalized spacial score (nSPS) is 22.9. The Morgan fingerprint density at radius 1 is 1.40 bits per heavy atom. The lowest BCUT2D eigenvalue weighted by Gasteiger charge is -2.31. The molecule has 1 fully saturated rings. The molecule has 1 aromatic rings. The van der Waals surface area contributed by atoms with Crippen molar-refractivity contribution in [3.8, 4) is 0 Å². The SMILES string of the molecule is Cn1cc(NC(=O)C2=C3N=C(N[C@@H]4CNCC(F)(F)C4)C=CN3NC2)c(C(F)F)n1. The summed E-state index contributed by atoms with van der Waals surface area (Å²) in [5, 5.41) is 13.2. The molecule has 0 aromatic carbocycles. The Morgan fingerprint density at radius 2 is 2.20 bits per heavy atom. The Morgan fingerprint density at radius 3 is 2.93 bits per heavy atom. The lowest BCUT2D eigenvalue weighted by molar-refractivity contribution is -0.112. The number of aryl methyl sites for hydroxylation is 1. The highest BCUT2D eigenvalue weighted by Crippen LogP contribution is 2.27. The van der Waals surface area contributed by atoms with Gasteiger partial charge in [-0.1, -0.05) is 0 Å².